The van der Waals surface area contributed by atoms with E-state index in [2.05, 4.69) is 10.3 Å². The second-order valence-electron chi connectivity index (χ2n) is 11.3. The molecule has 1 aliphatic heterocycles. The molecular weight excluding hydrogens is 629 g/mol. The minimum Gasteiger partial charge on any atom is -0.481 e. The van der Waals surface area contributed by atoms with Crippen molar-refractivity contribution in [3.63, 3.8) is 0 Å². The Bertz CT molecular complexity index is 1610. The Labute approximate surface area is 278 Å². The van der Waals surface area contributed by atoms with Crippen LogP contribution in [0.15, 0.2) is 79.1 Å². The van der Waals surface area contributed by atoms with E-state index >= 15 is 0 Å². The van der Waals surface area contributed by atoms with Crippen LogP contribution in [0.5, 0.6) is 0 Å². The molecule has 0 spiro atoms. The highest BCUT2D eigenvalue weighted by atomic mass is 35.5. The fourth-order valence-corrected chi connectivity index (χ4v) is 5.83. The third kappa shape index (κ3) is 8.96. The van der Waals surface area contributed by atoms with E-state index in [1.165, 1.54) is 0 Å². The summed E-state index contributed by atoms with van der Waals surface area (Å²) >= 11 is 12.4. The van der Waals surface area contributed by atoms with Crippen LogP contribution < -0.4 is 5.32 Å². The van der Waals surface area contributed by atoms with E-state index in [0.717, 1.165) is 33.4 Å². The molecule has 3 N–H and O–H groups in total. The first-order valence-corrected chi connectivity index (χ1v) is 16.1. The van der Waals surface area contributed by atoms with Gasteiger partial charge in [-0.05, 0) is 40.7 Å². The molecule has 9 nitrogen and oxygen atoms in total. The first-order valence-electron chi connectivity index (χ1n) is 15.3. The second kappa shape index (κ2) is 16.2. The smallest absolute Gasteiger partial charge is 0.303 e. The molecule has 46 heavy (non-hydrogen) atoms. The van der Waals surface area contributed by atoms with Crippen molar-refractivity contribution in [1.82, 2.24) is 14.9 Å². The molecule has 1 fully saturated rings. The van der Waals surface area contributed by atoms with Crippen molar-refractivity contribution in [3.05, 3.63) is 112 Å². The van der Waals surface area contributed by atoms with Crippen molar-refractivity contribution in [2.24, 2.45) is 0 Å². The van der Waals surface area contributed by atoms with Gasteiger partial charge in [0.15, 0.2) is 11.4 Å². The van der Waals surface area contributed by atoms with Gasteiger partial charge in [0.1, 0.15) is 5.15 Å². The maximum absolute atomic E-state index is 12.4. The Morgan fingerprint density at radius 2 is 1.63 bits per heavy atom. The largest absolute Gasteiger partial charge is 0.481 e. The highest BCUT2D eigenvalue weighted by molar-refractivity contribution is 6.40. The molecule has 0 radical (unpaired) electrons. The van der Waals surface area contributed by atoms with Gasteiger partial charge in [-0.1, -0.05) is 102 Å². The summed E-state index contributed by atoms with van der Waals surface area (Å²) in [4.78, 5) is 27.2. The van der Waals surface area contributed by atoms with Crippen LogP contribution in [-0.4, -0.2) is 37.7 Å². The van der Waals surface area contributed by atoms with Crippen molar-refractivity contribution in [2.45, 2.75) is 76.7 Å². The Kier molecular flexibility index (Phi) is 11.8. The van der Waals surface area contributed by atoms with E-state index in [1.807, 2.05) is 72.8 Å². The monoisotopic (exact) mass is 665 g/mol. The molecule has 1 aliphatic rings. The number of rotatable bonds is 14. The molecule has 4 aromatic rings. The normalized spacial score (nSPS) is 17.9. The molecule has 11 heteroatoms. The lowest BCUT2D eigenvalue weighted by molar-refractivity contribution is -0.252. The number of halogens is 2. The molecule has 2 heterocycles. The SMILES string of the molecule is O=C(O)CCCCCC(=O)NCc1ccccc1-c1ccc([C@@H]2O[C@H](Cn3cnc(Cl)c3Cl)C[C@H](c3ccc(CO)cc3)O2)cc1. The number of unbranched alkanes of at least 4 members (excludes halogenated alkanes) is 2. The molecular formula is C35H37Cl2N3O6. The van der Waals surface area contributed by atoms with Crippen LogP contribution in [0.1, 0.15) is 73.2 Å². The van der Waals surface area contributed by atoms with Crippen LogP contribution in [0.2, 0.25) is 10.3 Å². The Morgan fingerprint density at radius 3 is 2.33 bits per heavy atom. The van der Waals surface area contributed by atoms with Gasteiger partial charge in [0.05, 0.1) is 31.7 Å². The summed E-state index contributed by atoms with van der Waals surface area (Å²) in [6.07, 6.45) is 3.48. The molecule has 5 rings (SSSR count). The molecule has 1 aromatic heterocycles. The summed E-state index contributed by atoms with van der Waals surface area (Å²) in [5, 5.41) is 21.8. The lowest BCUT2D eigenvalue weighted by atomic mass is 9.97. The van der Waals surface area contributed by atoms with Crippen LogP contribution in [0.3, 0.4) is 0 Å². The predicted octanol–water partition coefficient (Wildman–Crippen LogP) is 7.25. The fraction of sp³-hybridized carbons (Fsp3) is 0.343. The molecule has 0 bridgehead atoms. The molecule has 0 unspecified atom stereocenters. The van der Waals surface area contributed by atoms with Gasteiger partial charge >= 0.3 is 5.97 Å². The number of nitrogens with one attached hydrogen (secondary N) is 1. The molecule has 3 aromatic carbocycles. The molecule has 1 saturated heterocycles. The third-order valence-electron chi connectivity index (χ3n) is 8.03. The molecule has 242 valence electrons. The van der Waals surface area contributed by atoms with Gasteiger partial charge in [0, 0.05) is 31.4 Å². The van der Waals surface area contributed by atoms with Gasteiger partial charge in [0.25, 0.3) is 0 Å². The second-order valence-corrected chi connectivity index (χ2v) is 12.1. The maximum Gasteiger partial charge on any atom is 0.303 e. The lowest BCUT2D eigenvalue weighted by Gasteiger charge is -2.36. The van der Waals surface area contributed by atoms with Crippen LogP contribution in [0.25, 0.3) is 11.1 Å². The minimum absolute atomic E-state index is 0.0297. The number of aromatic nitrogens is 2. The number of hydrogen-bond acceptors (Lipinski definition) is 6. The van der Waals surface area contributed by atoms with Crippen molar-refractivity contribution in [3.8, 4) is 11.1 Å². The summed E-state index contributed by atoms with van der Waals surface area (Å²) in [5.41, 5.74) is 5.65. The van der Waals surface area contributed by atoms with E-state index in [-0.39, 0.29) is 36.3 Å². The summed E-state index contributed by atoms with van der Waals surface area (Å²) < 4.78 is 14.7. The van der Waals surface area contributed by atoms with Crippen LogP contribution >= 0.6 is 23.2 Å². The summed E-state index contributed by atoms with van der Waals surface area (Å²) in [5.74, 6) is -0.866. The number of carbonyl (C=O) groups excluding carboxylic acids is 1. The maximum atomic E-state index is 12.4. The van der Waals surface area contributed by atoms with Crippen molar-refractivity contribution in [2.75, 3.05) is 0 Å². The summed E-state index contributed by atoms with van der Waals surface area (Å²) in [7, 11) is 0. The first-order chi connectivity index (χ1) is 22.3. The van der Waals surface area contributed by atoms with E-state index in [0.29, 0.717) is 50.3 Å². The van der Waals surface area contributed by atoms with Gasteiger partial charge in [-0.15, -0.1) is 0 Å². The zero-order valence-electron chi connectivity index (χ0n) is 25.3. The van der Waals surface area contributed by atoms with Gasteiger partial charge in [-0.3, -0.25) is 9.59 Å². The Morgan fingerprint density at radius 1 is 0.913 bits per heavy atom. The number of hydrogen-bond donors (Lipinski definition) is 3. The number of carboxylic acids is 1. The zero-order valence-corrected chi connectivity index (χ0v) is 26.8. The highest BCUT2D eigenvalue weighted by Gasteiger charge is 2.33. The topological polar surface area (TPSA) is 123 Å². The Hall–Kier alpha value is -3.73. The number of aliphatic hydroxyl groups is 1. The van der Waals surface area contributed by atoms with Crippen LogP contribution in [-0.2, 0) is 38.8 Å². The zero-order chi connectivity index (χ0) is 32.5. The van der Waals surface area contributed by atoms with Crippen LogP contribution in [0.4, 0.5) is 0 Å². The number of imidazole rings is 1. The number of aliphatic carboxylic acids is 1. The number of carbonyl (C=O) groups is 2. The molecule has 3 atom stereocenters. The van der Waals surface area contributed by atoms with Crippen molar-refractivity contribution in [1.29, 1.82) is 0 Å². The number of carboxylic acid groups (broad SMARTS) is 1. The summed E-state index contributed by atoms with van der Waals surface area (Å²) in [6.45, 7) is 0.807. The first kappa shape index (κ1) is 33.6. The van der Waals surface area contributed by atoms with E-state index in [4.69, 9.17) is 37.8 Å². The number of nitrogens with zero attached hydrogens (tertiary/aromatic N) is 2. The van der Waals surface area contributed by atoms with Crippen LogP contribution in [0, 0.1) is 0 Å². The van der Waals surface area contributed by atoms with Crippen molar-refractivity contribution >= 4 is 35.1 Å². The summed E-state index contributed by atoms with van der Waals surface area (Å²) in [6, 6.07) is 23.7. The van der Waals surface area contributed by atoms with E-state index < -0.39 is 12.3 Å². The van der Waals surface area contributed by atoms with Crippen molar-refractivity contribution < 1.29 is 29.3 Å². The highest BCUT2D eigenvalue weighted by Crippen LogP contribution is 2.39. The quantitative estimate of drug-likeness (QED) is 0.121. The van der Waals surface area contributed by atoms with Gasteiger partial charge < -0.3 is 29.6 Å². The van der Waals surface area contributed by atoms with Gasteiger partial charge in [0.2, 0.25) is 5.91 Å². The number of benzene rings is 3. The predicted molar refractivity (Wildman–Crippen MR) is 175 cm³/mol. The number of ether oxygens (including phenoxy) is 2. The standard InChI is InChI=1S/C35H37Cl2N3O6/c36-33-34(37)40(22-39-33)20-28-18-30(25-12-10-23(21-41)11-13-25)46-35(45-28)26-16-14-24(15-17-26)29-7-5-4-6-27(29)19-38-31(42)8-2-1-3-9-32(43)44/h4-7,10-17,22,28,30,35,41H,1-3,8-9,18-21H2,(H,38,42)(H,43,44)/t28-,30+,35+/m0/s1. The molecule has 0 aliphatic carbocycles. The van der Waals surface area contributed by atoms with Gasteiger partial charge in [-0.25, -0.2) is 4.98 Å². The average Bonchev–Trinajstić information content (AvgIpc) is 3.39. The van der Waals surface area contributed by atoms with E-state index in [9.17, 15) is 14.7 Å². The molecule has 0 saturated carbocycles. The molecule has 1 amide bonds. The number of aliphatic hydroxyl groups excluding tert-OH is 1. The van der Waals surface area contributed by atoms with E-state index in [1.54, 1.807) is 10.9 Å². The number of amides is 1. The van der Waals surface area contributed by atoms with Gasteiger partial charge in [-0.2, -0.15) is 0 Å². The lowest BCUT2D eigenvalue weighted by Crippen LogP contribution is -2.32. The fourth-order valence-electron chi connectivity index (χ4n) is 5.52. The third-order valence-corrected chi connectivity index (χ3v) is 8.80. The minimum atomic E-state index is -0.812. The average molecular weight is 667 g/mol. The Balaban J connectivity index is 1.27.